The van der Waals surface area contributed by atoms with Crippen molar-refractivity contribution >= 4 is 16.9 Å². The number of hydrogen-bond acceptors (Lipinski definition) is 7. The Bertz CT molecular complexity index is 1430. The molecule has 0 amide bonds. The summed E-state index contributed by atoms with van der Waals surface area (Å²) in [6.45, 7) is 1.66. The van der Waals surface area contributed by atoms with Crippen molar-refractivity contribution in [2.24, 2.45) is 0 Å². The maximum atomic E-state index is 13.1. The van der Waals surface area contributed by atoms with E-state index in [2.05, 4.69) is 9.64 Å². The second kappa shape index (κ2) is 9.60. The Morgan fingerprint density at radius 1 is 1.06 bits per heavy atom. The molecule has 2 heterocycles. The molecule has 0 bridgehead atoms. The average molecular weight is 475 g/mol. The number of carbonyl (C=O) groups excluding carboxylic acids is 1. The molecular formula is C27H22FNO6. The van der Waals surface area contributed by atoms with Gasteiger partial charge in [-0.15, -0.1) is 0 Å². The predicted molar refractivity (Wildman–Crippen MR) is 126 cm³/mol. The zero-order valence-corrected chi connectivity index (χ0v) is 19.0. The summed E-state index contributed by atoms with van der Waals surface area (Å²) in [6.07, 6.45) is 2.02. The molecule has 0 fully saturated rings. The van der Waals surface area contributed by atoms with Crippen LogP contribution in [0, 0.1) is 5.82 Å². The molecule has 0 saturated heterocycles. The van der Waals surface area contributed by atoms with Crippen LogP contribution in [-0.2, 0) is 17.7 Å². The van der Waals surface area contributed by atoms with Gasteiger partial charge in [-0.2, -0.15) is 0 Å². The number of benzene rings is 3. The van der Waals surface area contributed by atoms with Crippen molar-refractivity contribution in [3.63, 3.8) is 0 Å². The predicted octanol–water partition coefficient (Wildman–Crippen LogP) is 4.91. The van der Waals surface area contributed by atoms with Crippen molar-refractivity contribution in [1.82, 2.24) is 4.90 Å². The molecule has 178 valence electrons. The third-order valence-electron chi connectivity index (χ3n) is 5.89. The SMILES string of the molecule is COC(=O)c1ccc(Oc2coc3c4c(ccc3c2=O)OCN(CCc2ccc(F)cc2)C4)cc1. The van der Waals surface area contributed by atoms with Gasteiger partial charge in [-0.25, -0.2) is 9.18 Å². The summed E-state index contributed by atoms with van der Waals surface area (Å²) in [5.74, 6) is 0.379. The van der Waals surface area contributed by atoms with Gasteiger partial charge >= 0.3 is 5.97 Å². The maximum absolute atomic E-state index is 13.1. The van der Waals surface area contributed by atoms with E-state index in [1.54, 1.807) is 48.5 Å². The zero-order chi connectivity index (χ0) is 24.4. The molecule has 7 nitrogen and oxygen atoms in total. The fourth-order valence-electron chi connectivity index (χ4n) is 3.99. The fourth-order valence-corrected chi connectivity index (χ4v) is 3.99. The van der Waals surface area contributed by atoms with Crippen LogP contribution in [0.1, 0.15) is 21.5 Å². The van der Waals surface area contributed by atoms with Crippen molar-refractivity contribution in [1.29, 1.82) is 0 Å². The lowest BCUT2D eigenvalue weighted by atomic mass is 10.1. The summed E-state index contributed by atoms with van der Waals surface area (Å²) in [7, 11) is 1.31. The third-order valence-corrected chi connectivity index (χ3v) is 5.89. The van der Waals surface area contributed by atoms with Crippen LogP contribution in [0.5, 0.6) is 17.2 Å². The normalized spacial score (nSPS) is 13.2. The molecule has 0 N–H and O–H groups in total. The van der Waals surface area contributed by atoms with Gasteiger partial charge in [-0.3, -0.25) is 9.69 Å². The van der Waals surface area contributed by atoms with Gasteiger partial charge in [-0.1, -0.05) is 12.1 Å². The third kappa shape index (κ3) is 4.74. The van der Waals surface area contributed by atoms with Crippen molar-refractivity contribution < 1.29 is 27.8 Å². The molecule has 0 saturated carbocycles. The van der Waals surface area contributed by atoms with Crippen molar-refractivity contribution in [3.05, 3.63) is 99.7 Å². The molecule has 1 aliphatic heterocycles. The summed E-state index contributed by atoms with van der Waals surface area (Å²) in [5.41, 5.74) is 2.34. The van der Waals surface area contributed by atoms with Crippen LogP contribution >= 0.6 is 0 Å². The fraction of sp³-hybridized carbons (Fsp3) is 0.185. The molecule has 8 heteroatoms. The van der Waals surface area contributed by atoms with Crippen LogP contribution in [0.4, 0.5) is 4.39 Å². The van der Waals surface area contributed by atoms with Crippen molar-refractivity contribution in [2.75, 3.05) is 20.4 Å². The highest BCUT2D eigenvalue weighted by Gasteiger charge is 2.23. The minimum Gasteiger partial charge on any atom is -0.478 e. The molecule has 3 aromatic carbocycles. The van der Waals surface area contributed by atoms with Gasteiger partial charge in [0.05, 0.1) is 23.6 Å². The van der Waals surface area contributed by atoms with Crippen molar-refractivity contribution in [3.8, 4) is 17.2 Å². The Morgan fingerprint density at radius 2 is 1.83 bits per heavy atom. The molecule has 1 aliphatic rings. The van der Waals surface area contributed by atoms with Crippen LogP contribution < -0.4 is 14.9 Å². The van der Waals surface area contributed by atoms with E-state index in [1.165, 1.54) is 25.5 Å². The van der Waals surface area contributed by atoms with E-state index in [0.717, 1.165) is 17.5 Å². The number of carbonyl (C=O) groups is 1. The summed E-state index contributed by atoms with van der Waals surface area (Å²) < 4.78 is 35.3. The molecule has 5 rings (SSSR count). The lowest BCUT2D eigenvalue weighted by Gasteiger charge is -2.29. The molecule has 35 heavy (non-hydrogen) atoms. The molecule has 0 unspecified atom stereocenters. The first-order valence-corrected chi connectivity index (χ1v) is 11.0. The van der Waals surface area contributed by atoms with E-state index < -0.39 is 5.97 Å². The van der Waals surface area contributed by atoms with Gasteiger partial charge in [0.15, 0.2) is 0 Å². The minimum absolute atomic E-state index is 0.0353. The van der Waals surface area contributed by atoms with E-state index in [-0.39, 0.29) is 17.0 Å². The lowest BCUT2D eigenvalue weighted by molar-refractivity contribution is 0.0600. The van der Waals surface area contributed by atoms with E-state index in [0.29, 0.717) is 47.9 Å². The number of ether oxygens (including phenoxy) is 3. The Labute approximate surface area is 200 Å². The van der Waals surface area contributed by atoms with Crippen LogP contribution in [0.3, 0.4) is 0 Å². The number of esters is 1. The first kappa shape index (κ1) is 22.6. The number of hydrogen-bond donors (Lipinski definition) is 0. The largest absolute Gasteiger partial charge is 0.478 e. The topological polar surface area (TPSA) is 78.2 Å². The molecule has 0 aliphatic carbocycles. The summed E-state index contributed by atoms with van der Waals surface area (Å²) in [4.78, 5) is 26.8. The van der Waals surface area contributed by atoms with E-state index in [1.807, 2.05) is 0 Å². The first-order valence-electron chi connectivity index (χ1n) is 11.0. The number of nitrogens with zero attached hydrogens (tertiary/aromatic N) is 1. The van der Waals surface area contributed by atoms with E-state index in [9.17, 15) is 14.0 Å². The quantitative estimate of drug-likeness (QED) is 0.367. The Kier molecular flexibility index (Phi) is 6.20. The van der Waals surface area contributed by atoms with Gasteiger partial charge in [0, 0.05) is 13.1 Å². The number of fused-ring (bicyclic) bond motifs is 3. The Morgan fingerprint density at radius 3 is 2.57 bits per heavy atom. The second-order valence-corrected chi connectivity index (χ2v) is 8.17. The van der Waals surface area contributed by atoms with Crippen molar-refractivity contribution in [2.45, 2.75) is 13.0 Å². The second-order valence-electron chi connectivity index (χ2n) is 8.17. The highest BCUT2D eigenvalue weighted by molar-refractivity contribution is 5.89. The summed E-state index contributed by atoms with van der Waals surface area (Å²) in [5, 5.41) is 0.386. The Hall–Kier alpha value is -4.17. The number of methoxy groups -OCH3 is 1. The van der Waals surface area contributed by atoms with Gasteiger partial charge in [-0.05, 0) is 60.5 Å². The lowest BCUT2D eigenvalue weighted by Crippen LogP contribution is -2.33. The highest BCUT2D eigenvalue weighted by Crippen LogP contribution is 2.32. The molecule has 0 radical (unpaired) electrons. The summed E-state index contributed by atoms with van der Waals surface area (Å²) in [6, 6.07) is 16.1. The van der Waals surface area contributed by atoms with E-state index in [4.69, 9.17) is 13.9 Å². The van der Waals surface area contributed by atoms with Crippen LogP contribution in [0.2, 0.25) is 0 Å². The molecule has 4 aromatic rings. The number of halogens is 1. The number of rotatable bonds is 6. The zero-order valence-electron chi connectivity index (χ0n) is 19.0. The van der Waals surface area contributed by atoms with Gasteiger partial charge in [0.25, 0.3) is 0 Å². The standard InChI is InChI=1S/C27H22FNO6/c1-32-27(31)18-4-8-20(9-5-18)35-24-15-33-26-21(25(24)30)10-11-23-22(26)14-29(16-34-23)13-12-17-2-6-19(28)7-3-17/h2-11,15H,12-14,16H2,1H3. The first-order chi connectivity index (χ1) is 17.0. The van der Waals surface area contributed by atoms with Crippen LogP contribution in [0.15, 0.2) is 76.1 Å². The molecule has 0 spiro atoms. The maximum Gasteiger partial charge on any atom is 0.337 e. The van der Waals surface area contributed by atoms with Gasteiger partial charge in [0.2, 0.25) is 11.2 Å². The van der Waals surface area contributed by atoms with Crippen LogP contribution in [0.25, 0.3) is 11.0 Å². The monoisotopic (exact) mass is 475 g/mol. The van der Waals surface area contributed by atoms with Gasteiger partial charge in [0.1, 0.15) is 35.9 Å². The van der Waals surface area contributed by atoms with Crippen LogP contribution in [-0.4, -0.2) is 31.3 Å². The minimum atomic E-state index is -0.458. The summed E-state index contributed by atoms with van der Waals surface area (Å²) >= 11 is 0. The molecular weight excluding hydrogens is 453 g/mol. The van der Waals surface area contributed by atoms with Gasteiger partial charge < -0.3 is 18.6 Å². The van der Waals surface area contributed by atoms with E-state index >= 15 is 0 Å². The average Bonchev–Trinajstić information content (AvgIpc) is 2.89. The molecule has 1 aromatic heterocycles. The highest BCUT2D eigenvalue weighted by atomic mass is 19.1. The Balaban J connectivity index is 1.35. The smallest absolute Gasteiger partial charge is 0.337 e. The molecule has 0 atom stereocenters.